The Balaban J connectivity index is 1.75. The fraction of sp³-hybridized carbons (Fsp3) is 0.217. The third-order valence-electron chi connectivity index (χ3n) is 5.22. The number of hydrogen-bond donors (Lipinski definition) is 3. The van der Waals surface area contributed by atoms with Gasteiger partial charge in [0.05, 0.1) is 18.8 Å². The van der Waals surface area contributed by atoms with Crippen molar-refractivity contribution >= 4 is 32.3 Å². The second kappa shape index (κ2) is 6.69. The molecule has 0 saturated heterocycles. The standard InChI is InChI=1S/C23H23NO2/c1-23(14-25,15-26)24-13-16-6-9-20-18(12-16)8-11-21-19-5-3-2-4-17(19)7-10-22(20)21/h2-12,24-26H,13-15H2,1H3. The molecule has 0 aromatic heterocycles. The molecular weight excluding hydrogens is 322 g/mol. The monoisotopic (exact) mass is 345 g/mol. The highest BCUT2D eigenvalue weighted by molar-refractivity contribution is 6.17. The van der Waals surface area contributed by atoms with Gasteiger partial charge in [-0.25, -0.2) is 0 Å². The van der Waals surface area contributed by atoms with Gasteiger partial charge in [0, 0.05) is 6.54 Å². The van der Waals surface area contributed by atoms with E-state index < -0.39 is 5.54 Å². The minimum absolute atomic E-state index is 0.102. The van der Waals surface area contributed by atoms with Gasteiger partial charge in [0.1, 0.15) is 0 Å². The molecule has 0 aliphatic rings. The molecule has 4 aromatic carbocycles. The van der Waals surface area contributed by atoms with Gasteiger partial charge >= 0.3 is 0 Å². The van der Waals surface area contributed by atoms with Gasteiger partial charge in [0.25, 0.3) is 0 Å². The Hall–Kier alpha value is -2.46. The molecule has 0 aliphatic carbocycles. The van der Waals surface area contributed by atoms with Crippen molar-refractivity contribution < 1.29 is 10.2 Å². The summed E-state index contributed by atoms with van der Waals surface area (Å²) >= 11 is 0. The van der Waals surface area contributed by atoms with Crippen LogP contribution in [0.1, 0.15) is 12.5 Å². The molecule has 3 N–H and O–H groups in total. The summed E-state index contributed by atoms with van der Waals surface area (Å²) in [6, 6.07) is 23.7. The Morgan fingerprint density at radius 1 is 0.731 bits per heavy atom. The Bertz CT molecular complexity index is 1080. The van der Waals surface area contributed by atoms with Crippen LogP contribution in [-0.2, 0) is 6.54 Å². The zero-order valence-electron chi connectivity index (χ0n) is 14.9. The minimum Gasteiger partial charge on any atom is -0.394 e. The van der Waals surface area contributed by atoms with E-state index in [0.29, 0.717) is 6.54 Å². The number of nitrogens with one attached hydrogen (secondary N) is 1. The molecule has 0 fully saturated rings. The summed E-state index contributed by atoms with van der Waals surface area (Å²) in [6.45, 7) is 2.21. The van der Waals surface area contributed by atoms with Gasteiger partial charge in [0.2, 0.25) is 0 Å². The molecule has 0 radical (unpaired) electrons. The van der Waals surface area contributed by atoms with E-state index in [2.05, 4.69) is 72.0 Å². The summed E-state index contributed by atoms with van der Waals surface area (Å²) in [4.78, 5) is 0. The highest BCUT2D eigenvalue weighted by atomic mass is 16.3. The van der Waals surface area contributed by atoms with E-state index in [4.69, 9.17) is 0 Å². The van der Waals surface area contributed by atoms with Gasteiger partial charge < -0.3 is 15.5 Å². The maximum absolute atomic E-state index is 9.42. The van der Waals surface area contributed by atoms with E-state index in [0.717, 1.165) is 5.56 Å². The fourth-order valence-corrected chi connectivity index (χ4v) is 3.47. The topological polar surface area (TPSA) is 52.5 Å². The van der Waals surface area contributed by atoms with Crippen LogP contribution in [0.2, 0.25) is 0 Å². The van der Waals surface area contributed by atoms with Crippen LogP contribution in [0.25, 0.3) is 32.3 Å². The van der Waals surface area contributed by atoms with E-state index in [1.807, 2.05) is 6.92 Å². The second-order valence-electron chi connectivity index (χ2n) is 7.23. The average molecular weight is 345 g/mol. The van der Waals surface area contributed by atoms with E-state index in [1.165, 1.54) is 32.3 Å². The Kier molecular flexibility index (Phi) is 4.37. The van der Waals surface area contributed by atoms with E-state index >= 15 is 0 Å². The summed E-state index contributed by atoms with van der Waals surface area (Å²) in [5.41, 5.74) is 0.461. The molecule has 0 amide bonds. The Labute approximate surface area is 152 Å². The Morgan fingerprint density at radius 2 is 1.35 bits per heavy atom. The first-order valence-electron chi connectivity index (χ1n) is 8.93. The molecule has 0 heterocycles. The van der Waals surface area contributed by atoms with Crippen molar-refractivity contribution in [1.29, 1.82) is 0 Å². The van der Waals surface area contributed by atoms with Crippen LogP contribution in [0.15, 0.2) is 66.7 Å². The molecule has 0 atom stereocenters. The number of benzene rings is 4. The maximum Gasteiger partial charge on any atom is 0.0633 e. The fourth-order valence-electron chi connectivity index (χ4n) is 3.47. The lowest BCUT2D eigenvalue weighted by molar-refractivity contribution is 0.103. The van der Waals surface area contributed by atoms with E-state index in [1.54, 1.807) is 0 Å². The lowest BCUT2D eigenvalue weighted by atomic mass is 9.96. The van der Waals surface area contributed by atoms with Gasteiger partial charge in [-0.3, -0.25) is 0 Å². The van der Waals surface area contributed by atoms with Crippen molar-refractivity contribution in [2.45, 2.75) is 19.0 Å². The minimum atomic E-state index is -0.669. The van der Waals surface area contributed by atoms with Gasteiger partial charge in [-0.2, -0.15) is 0 Å². The highest BCUT2D eigenvalue weighted by Crippen LogP contribution is 2.31. The van der Waals surface area contributed by atoms with Crippen molar-refractivity contribution in [3.63, 3.8) is 0 Å². The maximum atomic E-state index is 9.42. The molecular formula is C23H23NO2. The predicted octanol–water partition coefficient (Wildman–Crippen LogP) is 3.98. The molecule has 4 aromatic rings. The summed E-state index contributed by atoms with van der Waals surface area (Å²) in [6.07, 6.45) is 0. The quantitative estimate of drug-likeness (QED) is 0.480. The molecule has 132 valence electrons. The zero-order chi connectivity index (χ0) is 18.1. The molecule has 26 heavy (non-hydrogen) atoms. The largest absolute Gasteiger partial charge is 0.394 e. The van der Waals surface area contributed by atoms with Crippen LogP contribution in [0.5, 0.6) is 0 Å². The molecule has 4 rings (SSSR count). The van der Waals surface area contributed by atoms with Crippen molar-refractivity contribution in [3.05, 3.63) is 72.3 Å². The van der Waals surface area contributed by atoms with Crippen molar-refractivity contribution in [1.82, 2.24) is 5.32 Å². The molecule has 0 bridgehead atoms. The summed E-state index contributed by atoms with van der Waals surface area (Å²) < 4.78 is 0. The van der Waals surface area contributed by atoms with E-state index in [9.17, 15) is 10.2 Å². The first-order valence-corrected chi connectivity index (χ1v) is 8.93. The van der Waals surface area contributed by atoms with Gasteiger partial charge in [-0.15, -0.1) is 0 Å². The lowest BCUT2D eigenvalue weighted by Gasteiger charge is -2.26. The van der Waals surface area contributed by atoms with Crippen molar-refractivity contribution in [2.24, 2.45) is 0 Å². The summed E-state index contributed by atoms with van der Waals surface area (Å²) in [5, 5.41) is 29.6. The number of aliphatic hydroxyl groups excluding tert-OH is 2. The lowest BCUT2D eigenvalue weighted by Crippen LogP contribution is -2.48. The van der Waals surface area contributed by atoms with Gasteiger partial charge in [-0.1, -0.05) is 60.7 Å². The molecule has 3 nitrogen and oxygen atoms in total. The average Bonchev–Trinajstić information content (AvgIpc) is 2.71. The van der Waals surface area contributed by atoms with Crippen LogP contribution < -0.4 is 5.32 Å². The van der Waals surface area contributed by atoms with Crippen LogP contribution in [0.3, 0.4) is 0 Å². The molecule has 0 aliphatic heterocycles. The molecule has 0 saturated carbocycles. The van der Waals surface area contributed by atoms with Gasteiger partial charge in [0.15, 0.2) is 0 Å². The third kappa shape index (κ3) is 2.95. The smallest absolute Gasteiger partial charge is 0.0633 e. The molecule has 0 spiro atoms. The van der Waals surface area contributed by atoms with Crippen LogP contribution in [0.4, 0.5) is 0 Å². The van der Waals surface area contributed by atoms with Crippen molar-refractivity contribution in [3.8, 4) is 0 Å². The van der Waals surface area contributed by atoms with Crippen LogP contribution >= 0.6 is 0 Å². The third-order valence-corrected chi connectivity index (χ3v) is 5.22. The number of fused-ring (bicyclic) bond motifs is 5. The number of aliphatic hydroxyl groups is 2. The number of hydrogen-bond acceptors (Lipinski definition) is 3. The summed E-state index contributed by atoms with van der Waals surface area (Å²) in [5.74, 6) is 0. The number of rotatable bonds is 5. The van der Waals surface area contributed by atoms with E-state index in [-0.39, 0.29) is 13.2 Å². The highest BCUT2D eigenvalue weighted by Gasteiger charge is 2.21. The first-order chi connectivity index (χ1) is 12.6. The molecule has 3 heteroatoms. The Morgan fingerprint density at radius 3 is 2.08 bits per heavy atom. The molecule has 0 unspecified atom stereocenters. The SMILES string of the molecule is CC(CO)(CO)NCc1ccc2c(ccc3c4ccccc4ccc23)c1. The first kappa shape index (κ1) is 17.0. The van der Waals surface area contributed by atoms with Crippen LogP contribution in [0, 0.1) is 0 Å². The second-order valence-corrected chi connectivity index (χ2v) is 7.23. The zero-order valence-corrected chi connectivity index (χ0v) is 14.9. The predicted molar refractivity (Wildman–Crippen MR) is 108 cm³/mol. The van der Waals surface area contributed by atoms with Crippen molar-refractivity contribution in [2.75, 3.05) is 13.2 Å². The van der Waals surface area contributed by atoms with Gasteiger partial charge in [-0.05, 0) is 50.9 Å². The summed E-state index contributed by atoms with van der Waals surface area (Å²) in [7, 11) is 0. The van der Waals surface area contributed by atoms with Crippen LogP contribution in [-0.4, -0.2) is 29.0 Å². The normalized spacial score (nSPS) is 12.3.